The Hall–Kier alpha value is -1.88. The molecule has 0 aliphatic carbocycles. The lowest BCUT2D eigenvalue weighted by Gasteiger charge is -2.29. The molecule has 3 nitrogen and oxygen atoms in total. The van der Waals surface area contributed by atoms with Crippen LogP contribution in [0.5, 0.6) is 0 Å². The zero-order chi connectivity index (χ0) is 15.0. The number of fused-ring (bicyclic) bond motifs is 1. The molecule has 0 spiro atoms. The van der Waals surface area contributed by atoms with E-state index in [0.29, 0.717) is 23.2 Å². The summed E-state index contributed by atoms with van der Waals surface area (Å²) >= 11 is 3.11. The van der Waals surface area contributed by atoms with Crippen LogP contribution in [0.2, 0.25) is 0 Å². The highest BCUT2D eigenvalue weighted by Gasteiger charge is 2.24. The second-order valence-corrected chi connectivity index (χ2v) is 5.96. The van der Waals surface area contributed by atoms with E-state index < -0.39 is 5.82 Å². The molecule has 2 aromatic rings. The van der Waals surface area contributed by atoms with Crippen LogP contribution < -0.4 is 5.73 Å². The van der Waals surface area contributed by atoms with Crippen molar-refractivity contribution in [2.45, 2.75) is 13.0 Å². The van der Waals surface area contributed by atoms with Gasteiger partial charge in [-0.25, -0.2) is 4.39 Å². The second-order valence-electron chi connectivity index (χ2n) is 5.11. The summed E-state index contributed by atoms with van der Waals surface area (Å²) in [6.45, 7) is 1.05. The van der Waals surface area contributed by atoms with E-state index in [4.69, 9.17) is 5.73 Å². The zero-order valence-electron chi connectivity index (χ0n) is 11.3. The van der Waals surface area contributed by atoms with Crippen LogP contribution >= 0.6 is 15.9 Å². The van der Waals surface area contributed by atoms with Crippen molar-refractivity contribution in [1.82, 2.24) is 4.90 Å². The molecule has 0 radical (unpaired) electrons. The first-order valence-corrected chi connectivity index (χ1v) is 7.46. The molecule has 0 saturated carbocycles. The lowest BCUT2D eigenvalue weighted by atomic mass is 9.98. The highest BCUT2D eigenvalue weighted by Crippen LogP contribution is 2.25. The lowest BCUT2D eigenvalue weighted by molar-refractivity contribution is 0.0730. The summed E-state index contributed by atoms with van der Waals surface area (Å²) in [5.41, 5.74) is 8.79. The van der Waals surface area contributed by atoms with E-state index in [1.54, 1.807) is 17.0 Å². The SMILES string of the molecule is Nc1ccc2c(c1)CN(C(=O)c1cccc(Br)c1F)CC2. The van der Waals surface area contributed by atoms with Crippen LogP contribution in [0.25, 0.3) is 0 Å². The summed E-state index contributed by atoms with van der Waals surface area (Å²) in [7, 11) is 0. The molecule has 21 heavy (non-hydrogen) atoms. The fraction of sp³-hybridized carbons (Fsp3) is 0.188. The molecule has 0 unspecified atom stereocenters. The predicted octanol–water partition coefficient (Wildman–Crippen LogP) is 3.37. The minimum Gasteiger partial charge on any atom is -0.399 e. The molecule has 2 N–H and O–H groups in total. The van der Waals surface area contributed by atoms with Crippen LogP contribution in [0.4, 0.5) is 10.1 Å². The van der Waals surface area contributed by atoms with Gasteiger partial charge in [0.05, 0.1) is 10.0 Å². The molecular weight excluding hydrogens is 335 g/mol. The molecule has 108 valence electrons. The average Bonchev–Trinajstić information content (AvgIpc) is 2.48. The van der Waals surface area contributed by atoms with Crippen molar-refractivity contribution < 1.29 is 9.18 Å². The summed E-state index contributed by atoms with van der Waals surface area (Å²) in [4.78, 5) is 14.2. The van der Waals surface area contributed by atoms with Crippen molar-refractivity contribution >= 4 is 27.5 Å². The Labute approximate surface area is 130 Å². The van der Waals surface area contributed by atoms with Crippen molar-refractivity contribution in [3.8, 4) is 0 Å². The first-order chi connectivity index (χ1) is 10.1. The van der Waals surface area contributed by atoms with E-state index in [2.05, 4.69) is 15.9 Å². The van der Waals surface area contributed by atoms with Gasteiger partial charge in [0.25, 0.3) is 5.91 Å². The van der Waals surface area contributed by atoms with Crippen molar-refractivity contribution in [2.24, 2.45) is 0 Å². The van der Waals surface area contributed by atoms with Crippen LogP contribution in [0.3, 0.4) is 0 Å². The molecule has 1 heterocycles. The van der Waals surface area contributed by atoms with Gasteiger partial charge in [-0.3, -0.25) is 4.79 Å². The Balaban J connectivity index is 1.89. The number of nitrogens with zero attached hydrogens (tertiary/aromatic N) is 1. The molecule has 3 rings (SSSR count). The number of carbonyl (C=O) groups excluding carboxylic acids is 1. The summed E-state index contributed by atoms with van der Waals surface area (Å²) in [6, 6.07) is 10.5. The molecular formula is C16H14BrFN2O. The third kappa shape index (κ3) is 2.65. The maximum Gasteiger partial charge on any atom is 0.257 e. The number of carbonyl (C=O) groups is 1. The number of benzene rings is 2. The van der Waals surface area contributed by atoms with Crippen molar-refractivity contribution in [3.05, 3.63) is 63.4 Å². The predicted molar refractivity (Wildman–Crippen MR) is 83.4 cm³/mol. The molecule has 5 heteroatoms. The number of nitrogen functional groups attached to an aromatic ring is 1. The third-order valence-corrected chi connectivity index (χ3v) is 4.32. The van der Waals surface area contributed by atoms with Gasteiger partial charge in [0.1, 0.15) is 5.82 Å². The highest BCUT2D eigenvalue weighted by molar-refractivity contribution is 9.10. The fourth-order valence-electron chi connectivity index (χ4n) is 2.59. The zero-order valence-corrected chi connectivity index (χ0v) is 12.9. The number of halogens is 2. The van der Waals surface area contributed by atoms with Crippen LogP contribution in [0, 0.1) is 5.82 Å². The van der Waals surface area contributed by atoms with Crippen molar-refractivity contribution in [3.63, 3.8) is 0 Å². The monoisotopic (exact) mass is 348 g/mol. The first-order valence-electron chi connectivity index (χ1n) is 6.67. The van der Waals surface area contributed by atoms with Crippen molar-refractivity contribution in [1.29, 1.82) is 0 Å². The summed E-state index contributed by atoms with van der Waals surface area (Å²) < 4.78 is 14.4. The summed E-state index contributed by atoms with van der Waals surface area (Å²) in [5.74, 6) is -0.803. The quantitative estimate of drug-likeness (QED) is 0.803. The van der Waals surface area contributed by atoms with Gasteiger partial charge in [0, 0.05) is 18.8 Å². The number of hydrogen-bond acceptors (Lipinski definition) is 2. The van der Waals surface area contributed by atoms with Gasteiger partial charge in [0.15, 0.2) is 0 Å². The molecule has 1 aliphatic rings. The number of rotatable bonds is 1. The van der Waals surface area contributed by atoms with Gasteiger partial charge in [-0.1, -0.05) is 12.1 Å². The molecule has 1 aliphatic heterocycles. The van der Waals surface area contributed by atoms with Gasteiger partial charge < -0.3 is 10.6 Å². The number of nitrogens with two attached hydrogens (primary N) is 1. The van der Waals surface area contributed by atoms with Crippen LogP contribution in [0.1, 0.15) is 21.5 Å². The topological polar surface area (TPSA) is 46.3 Å². The van der Waals surface area contributed by atoms with Crippen LogP contribution in [-0.4, -0.2) is 17.4 Å². The normalized spacial score (nSPS) is 13.9. The standard InChI is InChI=1S/C16H14BrFN2O/c17-14-3-1-2-13(15(14)18)16(21)20-7-6-10-4-5-12(19)8-11(10)9-20/h1-5,8H,6-7,9,19H2. The van der Waals surface area contributed by atoms with Gasteiger partial charge >= 0.3 is 0 Å². The van der Waals surface area contributed by atoms with Crippen LogP contribution in [-0.2, 0) is 13.0 Å². The fourth-order valence-corrected chi connectivity index (χ4v) is 2.96. The van der Waals surface area contributed by atoms with Gasteiger partial charge in [0.2, 0.25) is 0 Å². The highest BCUT2D eigenvalue weighted by atomic mass is 79.9. The molecule has 1 amide bonds. The number of anilines is 1. The van der Waals surface area contributed by atoms with Crippen molar-refractivity contribution in [2.75, 3.05) is 12.3 Å². The largest absolute Gasteiger partial charge is 0.399 e. The van der Waals surface area contributed by atoms with E-state index in [1.165, 1.54) is 11.6 Å². The van der Waals surface area contributed by atoms with E-state index in [0.717, 1.165) is 12.0 Å². The second kappa shape index (κ2) is 5.48. The summed E-state index contributed by atoms with van der Waals surface area (Å²) in [6.07, 6.45) is 0.761. The third-order valence-electron chi connectivity index (χ3n) is 3.71. The molecule has 0 saturated heterocycles. The minimum atomic E-state index is -0.513. The van der Waals surface area contributed by atoms with E-state index >= 15 is 0 Å². The number of hydrogen-bond donors (Lipinski definition) is 1. The van der Waals surface area contributed by atoms with Gasteiger partial charge in [-0.2, -0.15) is 0 Å². The summed E-state index contributed by atoms with van der Waals surface area (Å²) in [5, 5.41) is 0. The average molecular weight is 349 g/mol. The maximum absolute atomic E-state index is 14.1. The van der Waals surface area contributed by atoms with E-state index in [1.807, 2.05) is 18.2 Å². The maximum atomic E-state index is 14.1. The Morgan fingerprint density at radius 3 is 2.86 bits per heavy atom. The first kappa shape index (κ1) is 14.1. The van der Waals surface area contributed by atoms with Gasteiger partial charge in [-0.05, 0) is 57.7 Å². The lowest BCUT2D eigenvalue weighted by Crippen LogP contribution is -2.36. The van der Waals surface area contributed by atoms with E-state index in [9.17, 15) is 9.18 Å². The molecule has 0 fully saturated rings. The molecule has 0 bridgehead atoms. The molecule has 0 atom stereocenters. The Bertz CT molecular complexity index is 717. The minimum absolute atomic E-state index is 0.0942. The number of amides is 1. The Morgan fingerprint density at radius 1 is 1.24 bits per heavy atom. The van der Waals surface area contributed by atoms with Gasteiger partial charge in [-0.15, -0.1) is 0 Å². The molecule has 0 aromatic heterocycles. The molecule has 2 aromatic carbocycles. The Kier molecular flexibility index (Phi) is 3.68. The smallest absolute Gasteiger partial charge is 0.257 e. The van der Waals surface area contributed by atoms with E-state index in [-0.39, 0.29) is 11.5 Å². The van der Waals surface area contributed by atoms with Crippen LogP contribution in [0.15, 0.2) is 40.9 Å². The Morgan fingerprint density at radius 2 is 2.05 bits per heavy atom.